The highest BCUT2D eigenvalue weighted by atomic mass is 16.5. The van der Waals surface area contributed by atoms with Gasteiger partial charge in [0.2, 0.25) is 5.91 Å². The summed E-state index contributed by atoms with van der Waals surface area (Å²) in [5, 5.41) is 14.4. The lowest BCUT2D eigenvalue weighted by molar-refractivity contribution is -0.117. The molecule has 0 saturated heterocycles. The molecule has 0 fully saturated rings. The minimum absolute atomic E-state index is 0.0237. The summed E-state index contributed by atoms with van der Waals surface area (Å²) in [5.74, 6) is -1.43. The Hall–Kier alpha value is -4.46. The number of pyridine rings is 1. The molecule has 1 aliphatic carbocycles. The Morgan fingerprint density at radius 3 is 2.31 bits per heavy atom. The molecule has 2 amide bonds. The summed E-state index contributed by atoms with van der Waals surface area (Å²) >= 11 is 0. The molecule has 35 heavy (non-hydrogen) atoms. The first-order chi connectivity index (χ1) is 16.9. The van der Waals surface area contributed by atoms with Crippen LogP contribution in [0.4, 0.5) is 4.79 Å². The maximum atomic E-state index is 12.3. The Balaban J connectivity index is 1.25. The first kappa shape index (κ1) is 23.7. The van der Waals surface area contributed by atoms with E-state index in [1.165, 1.54) is 18.3 Å². The third-order valence-electron chi connectivity index (χ3n) is 5.85. The van der Waals surface area contributed by atoms with E-state index in [0.717, 1.165) is 22.3 Å². The van der Waals surface area contributed by atoms with Crippen LogP contribution >= 0.6 is 0 Å². The molecule has 8 heteroatoms. The average Bonchev–Trinajstić information content (AvgIpc) is 3.19. The molecule has 178 valence electrons. The van der Waals surface area contributed by atoms with Crippen LogP contribution in [0.1, 0.15) is 40.0 Å². The van der Waals surface area contributed by atoms with Crippen LogP contribution in [0.25, 0.3) is 11.1 Å². The molecule has 4 rings (SSSR count). The van der Waals surface area contributed by atoms with Gasteiger partial charge in [0.15, 0.2) is 0 Å². The highest BCUT2D eigenvalue weighted by Gasteiger charge is 2.28. The van der Waals surface area contributed by atoms with Crippen molar-refractivity contribution in [1.29, 1.82) is 0 Å². The molecule has 0 radical (unpaired) electrons. The Morgan fingerprint density at radius 2 is 1.66 bits per heavy atom. The van der Waals surface area contributed by atoms with Crippen LogP contribution in [0.5, 0.6) is 0 Å². The van der Waals surface area contributed by atoms with E-state index in [9.17, 15) is 14.4 Å². The van der Waals surface area contributed by atoms with Crippen LogP contribution in [0.3, 0.4) is 0 Å². The highest BCUT2D eigenvalue weighted by molar-refractivity contribution is 5.93. The number of nitrogens with zero attached hydrogens (tertiary/aromatic N) is 1. The van der Waals surface area contributed by atoms with Crippen LogP contribution < -0.4 is 10.6 Å². The molecule has 3 N–H and O–H groups in total. The molecule has 0 unspecified atom stereocenters. The molecule has 3 aromatic rings. The van der Waals surface area contributed by atoms with E-state index in [1.807, 2.05) is 24.3 Å². The van der Waals surface area contributed by atoms with Crippen molar-refractivity contribution >= 4 is 18.0 Å². The number of fused-ring (bicyclic) bond motifs is 3. The van der Waals surface area contributed by atoms with Crippen LogP contribution in [0, 0.1) is 0 Å². The zero-order chi connectivity index (χ0) is 24.8. The van der Waals surface area contributed by atoms with Gasteiger partial charge in [-0.05, 0) is 41.3 Å². The minimum Gasteiger partial charge on any atom is -0.478 e. The van der Waals surface area contributed by atoms with Crippen molar-refractivity contribution in [2.75, 3.05) is 13.2 Å². The van der Waals surface area contributed by atoms with E-state index in [1.54, 1.807) is 13.0 Å². The van der Waals surface area contributed by atoms with Crippen LogP contribution in [-0.2, 0) is 16.1 Å². The van der Waals surface area contributed by atoms with Crippen molar-refractivity contribution in [3.8, 4) is 11.1 Å². The number of nitrogens with one attached hydrogen (secondary N) is 2. The van der Waals surface area contributed by atoms with Gasteiger partial charge in [-0.2, -0.15) is 0 Å². The fourth-order valence-corrected chi connectivity index (χ4v) is 4.05. The van der Waals surface area contributed by atoms with Gasteiger partial charge in [0.05, 0.1) is 17.8 Å². The third kappa shape index (κ3) is 5.55. The van der Waals surface area contributed by atoms with Crippen molar-refractivity contribution in [2.45, 2.75) is 19.4 Å². The van der Waals surface area contributed by atoms with Crippen molar-refractivity contribution < 1.29 is 24.2 Å². The Labute approximate surface area is 202 Å². The second-order valence-corrected chi connectivity index (χ2v) is 8.12. The molecular weight excluding hydrogens is 446 g/mol. The maximum Gasteiger partial charge on any atom is 0.407 e. The number of carbonyl (C=O) groups is 3. The van der Waals surface area contributed by atoms with Gasteiger partial charge in [-0.3, -0.25) is 9.78 Å². The van der Waals surface area contributed by atoms with Gasteiger partial charge in [-0.25, -0.2) is 9.59 Å². The van der Waals surface area contributed by atoms with E-state index < -0.39 is 12.1 Å². The Bertz CT molecular complexity index is 1260. The van der Waals surface area contributed by atoms with Crippen molar-refractivity contribution in [3.05, 3.63) is 101 Å². The zero-order valence-corrected chi connectivity index (χ0v) is 19.2. The largest absolute Gasteiger partial charge is 0.478 e. The summed E-state index contributed by atoms with van der Waals surface area (Å²) in [6.45, 7) is 2.05. The second kappa shape index (κ2) is 10.6. The summed E-state index contributed by atoms with van der Waals surface area (Å²) in [6, 6.07) is 19.0. The number of carboxylic acid groups (broad SMARTS) is 1. The lowest BCUT2D eigenvalue weighted by atomic mass is 9.98. The molecule has 0 bridgehead atoms. The van der Waals surface area contributed by atoms with Crippen molar-refractivity contribution in [1.82, 2.24) is 15.6 Å². The van der Waals surface area contributed by atoms with Gasteiger partial charge in [-0.1, -0.05) is 54.6 Å². The number of ether oxygens (including phenoxy) is 1. The fourth-order valence-electron chi connectivity index (χ4n) is 4.05. The number of amides is 2. The highest BCUT2D eigenvalue weighted by Crippen LogP contribution is 2.44. The van der Waals surface area contributed by atoms with Crippen LogP contribution in [0.2, 0.25) is 0 Å². The number of benzene rings is 2. The number of carboxylic acids is 1. The molecule has 0 atom stereocenters. The minimum atomic E-state index is -1.06. The number of aromatic carboxylic acids is 1. The predicted molar refractivity (Wildman–Crippen MR) is 130 cm³/mol. The van der Waals surface area contributed by atoms with E-state index in [2.05, 4.69) is 39.9 Å². The second-order valence-electron chi connectivity index (χ2n) is 8.12. The summed E-state index contributed by atoms with van der Waals surface area (Å²) in [6.07, 6.45) is 2.40. The van der Waals surface area contributed by atoms with Crippen LogP contribution in [0.15, 0.2) is 78.5 Å². The van der Waals surface area contributed by atoms with Crippen molar-refractivity contribution in [2.24, 2.45) is 0 Å². The van der Waals surface area contributed by atoms with Gasteiger partial charge < -0.3 is 20.5 Å². The predicted octanol–water partition coefficient (Wildman–Crippen LogP) is 3.88. The van der Waals surface area contributed by atoms with E-state index >= 15 is 0 Å². The number of rotatable bonds is 8. The SMILES string of the molecule is C/C(=C\CNC(=O)OCC1c2ccccc2-c2ccccc21)C(=O)NCc1cc(C(=O)O)ccn1. The standard InChI is InChI=1S/C27H25N3O5/c1-17(25(31)30-15-19-14-18(26(32)33)11-13-28-19)10-12-29-27(34)35-16-24-22-8-4-2-6-20(22)21-7-3-5-9-23(21)24/h2-11,13-14,24H,12,15-16H2,1H3,(H,29,34)(H,30,31)(H,32,33)/b17-10+. The maximum absolute atomic E-state index is 12.3. The van der Waals surface area contributed by atoms with Gasteiger partial charge in [0.25, 0.3) is 0 Å². The lowest BCUT2D eigenvalue weighted by Gasteiger charge is -2.14. The lowest BCUT2D eigenvalue weighted by Crippen LogP contribution is -2.28. The van der Waals surface area contributed by atoms with Crippen LogP contribution in [-0.4, -0.2) is 41.2 Å². The topological polar surface area (TPSA) is 118 Å². The van der Waals surface area contributed by atoms with E-state index in [4.69, 9.17) is 9.84 Å². The molecular formula is C27H25N3O5. The first-order valence-corrected chi connectivity index (χ1v) is 11.2. The number of carbonyl (C=O) groups excluding carboxylic acids is 2. The normalized spacial score (nSPS) is 12.4. The molecule has 0 spiro atoms. The third-order valence-corrected chi connectivity index (χ3v) is 5.85. The number of aromatic nitrogens is 1. The monoisotopic (exact) mass is 471 g/mol. The molecule has 1 aliphatic rings. The molecule has 0 saturated carbocycles. The molecule has 8 nitrogen and oxygen atoms in total. The summed E-state index contributed by atoms with van der Waals surface area (Å²) < 4.78 is 5.48. The quantitative estimate of drug-likeness (QED) is 0.429. The number of hydrogen-bond donors (Lipinski definition) is 3. The Kier molecular flexibility index (Phi) is 7.21. The van der Waals surface area contributed by atoms with Crippen molar-refractivity contribution in [3.63, 3.8) is 0 Å². The molecule has 0 aliphatic heterocycles. The smallest absolute Gasteiger partial charge is 0.407 e. The fraction of sp³-hybridized carbons (Fsp3) is 0.185. The van der Waals surface area contributed by atoms with Gasteiger partial charge >= 0.3 is 12.1 Å². The average molecular weight is 472 g/mol. The van der Waals surface area contributed by atoms with Gasteiger partial charge in [0.1, 0.15) is 6.61 Å². The number of alkyl carbamates (subject to hydrolysis) is 1. The molecule has 1 aromatic heterocycles. The van der Waals surface area contributed by atoms with Gasteiger partial charge in [0, 0.05) is 24.2 Å². The Morgan fingerprint density at radius 1 is 1.00 bits per heavy atom. The van der Waals surface area contributed by atoms with E-state index in [0.29, 0.717) is 11.3 Å². The molecule has 2 aromatic carbocycles. The summed E-state index contributed by atoms with van der Waals surface area (Å²) in [5.41, 5.74) is 5.53. The number of hydrogen-bond acceptors (Lipinski definition) is 5. The molecule has 1 heterocycles. The summed E-state index contributed by atoms with van der Waals surface area (Å²) in [4.78, 5) is 39.6. The van der Waals surface area contributed by atoms with E-state index in [-0.39, 0.29) is 37.1 Å². The first-order valence-electron chi connectivity index (χ1n) is 11.2. The van der Waals surface area contributed by atoms with Gasteiger partial charge in [-0.15, -0.1) is 0 Å². The summed E-state index contributed by atoms with van der Waals surface area (Å²) in [7, 11) is 0. The zero-order valence-electron chi connectivity index (χ0n) is 19.2.